The average molecular weight is 186 g/mol. The molecule has 0 amide bonds. The summed E-state index contributed by atoms with van der Waals surface area (Å²) in [5, 5.41) is 0.738. The smallest absolute Gasteiger partial charge is 0.116 e. The molecule has 0 aliphatic rings. The predicted octanol–water partition coefficient (Wildman–Crippen LogP) is 2.44. The van der Waals surface area contributed by atoms with Crippen LogP contribution in [0.5, 0.6) is 0 Å². The summed E-state index contributed by atoms with van der Waals surface area (Å²) < 4.78 is 0. The standard InChI is InChI=1S/C7H8ClN.C2H4O/c1-5-4-6(8)2-3-7(5)9;1-2-3/h2-4H,9H2,1H3;2H,1H3. The second kappa shape index (κ2) is 5.61. The summed E-state index contributed by atoms with van der Waals surface area (Å²) in [5.41, 5.74) is 7.35. The van der Waals surface area contributed by atoms with E-state index in [1.165, 1.54) is 6.92 Å². The van der Waals surface area contributed by atoms with Crippen LogP contribution in [0.1, 0.15) is 12.5 Å². The van der Waals surface area contributed by atoms with E-state index < -0.39 is 0 Å². The summed E-state index contributed by atoms with van der Waals surface area (Å²) in [6, 6.07) is 5.43. The second-order valence-corrected chi connectivity index (χ2v) is 2.67. The first-order chi connectivity index (χ1) is 5.61. The average Bonchev–Trinajstić information content (AvgIpc) is 1.99. The fourth-order valence-electron chi connectivity index (χ4n) is 0.639. The number of hydrogen-bond donors (Lipinski definition) is 1. The summed E-state index contributed by atoms with van der Waals surface area (Å²) in [6.45, 7) is 3.38. The van der Waals surface area contributed by atoms with E-state index in [-0.39, 0.29) is 0 Å². The Morgan fingerprint density at radius 1 is 1.50 bits per heavy atom. The molecule has 0 aromatic heterocycles. The molecule has 12 heavy (non-hydrogen) atoms. The summed E-state index contributed by atoms with van der Waals surface area (Å²) in [6.07, 6.45) is 0.750. The van der Waals surface area contributed by atoms with Gasteiger partial charge in [-0.25, -0.2) is 0 Å². The van der Waals surface area contributed by atoms with Crippen LogP contribution in [0.4, 0.5) is 5.69 Å². The molecule has 0 fully saturated rings. The van der Waals surface area contributed by atoms with E-state index in [4.69, 9.17) is 22.1 Å². The second-order valence-electron chi connectivity index (χ2n) is 2.24. The van der Waals surface area contributed by atoms with Crippen molar-refractivity contribution in [2.45, 2.75) is 13.8 Å². The first-order valence-corrected chi connectivity index (χ1v) is 3.91. The first-order valence-electron chi connectivity index (χ1n) is 3.53. The van der Waals surface area contributed by atoms with Gasteiger partial charge in [0.1, 0.15) is 6.29 Å². The lowest BCUT2D eigenvalue weighted by Crippen LogP contribution is -1.87. The van der Waals surface area contributed by atoms with Crippen molar-refractivity contribution in [1.29, 1.82) is 0 Å². The lowest BCUT2D eigenvalue weighted by molar-refractivity contribution is -0.106. The lowest BCUT2D eigenvalue weighted by atomic mass is 10.2. The number of aldehydes is 1. The van der Waals surface area contributed by atoms with Crippen molar-refractivity contribution in [3.05, 3.63) is 28.8 Å². The fourth-order valence-corrected chi connectivity index (χ4v) is 0.866. The first kappa shape index (κ1) is 11.0. The summed E-state index contributed by atoms with van der Waals surface area (Å²) >= 11 is 5.66. The highest BCUT2D eigenvalue weighted by molar-refractivity contribution is 6.30. The molecule has 1 rings (SSSR count). The van der Waals surface area contributed by atoms with Crippen LogP contribution in [0.2, 0.25) is 5.02 Å². The minimum absolute atomic E-state index is 0.738. The van der Waals surface area contributed by atoms with Crippen molar-refractivity contribution in [2.75, 3.05) is 5.73 Å². The van der Waals surface area contributed by atoms with E-state index in [2.05, 4.69) is 0 Å². The third kappa shape index (κ3) is 3.98. The van der Waals surface area contributed by atoms with Gasteiger partial charge in [0.25, 0.3) is 0 Å². The number of halogens is 1. The van der Waals surface area contributed by atoms with Crippen LogP contribution in [0.15, 0.2) is 18.2 Å². The molecule has 0 aliphatic carbocycles. The third-order valence-corrected chi connectivity index (χ3v) is 1.47. The van der Waals surface area contributed by atoms with Gasteiger partial charge in [0, 0.05) is 10.7 Å². The van der Waals surface area contributed by atoms with Crippen LogP contribution in [-0.4, -0.2) is 6.29 Å². The monoisotopic (exact) mass is 185 g/mol. The molecule has 0 aliphatic heterocycles. The molecule has 2 nitrogen and oxygen atoms in total. The van der Waals surface area contributed by atoms with E-state index in [9.17, 15) is 0 Å². The van der Waals surface area contributed by atoms with Crippen LogP contribution in [-0.2, 0) is 4.79 Å². The zero-order valence-electron chi connectivity index (χ0n) is 7.17. The summed E-state index contributed by atoms with van der Waals surface area (Å²) in [7, 11) is 0. The Labute approximate surface area is 77.3 Å². The van der Waals surface area contributed by atoms with Gasteiger partial charge in [-0.2, -0.15) is 0 Å². The Balaban J connectivity index is 0.000000354. The number of carbonyl (C=O) groups is 1. The van der Waals surface area contributed by atoms with Gasteiger partial charge < -0.3 is 10.5 Å². The maximum absolute atomic E-state index is 8.81. The number of carbonyl (C=O) groups excluding carboxylic acids is 1. The Morgan fingerprint density at radius 3 is 2.33 bits per heavy atom. The zero-order chi connectivity index (χ0) is 9.56. The quantitative estimate of drug-likeness (QED) is 0.498. The SMILES string of the molecule is CC=O.Cc1cc(Cl)ccc1N. The van der Waals surface area contributed by atoms with Gasteiger partial charge in [-0.05, 0) is 37.6 Å². The number of nitrogens with two attached hydrogens (primary N) is 1. The molecule has 0 spiro atoms. The van der Waals surface area contributed by atoms with Gasteiger partial charge in [0.2, 0.25) is 0 Å². The van der Waals surface area contributed by atoms with Crippen molar-refractivity contribution >= 4 is 23.6 Å². The number of aryl methyl sites for hydroxylation is 1. The Morgan fingerprint density at radius 2 is 2.00 bits per heavy atom. The van der Waals surface area contributed by atoms with Gasteiger partial charge >= 0.3 is 0 Å². The van der Waals surface area contributed by atoms with Crippen LogP contribution >= 0.6 is 11.6 Å². The number of hydrogen-bond acceptors (Lipinski definition) is 2. The van der Waals surface area contributed by atoms with E-state index in [0.29, 0.717) is 0 Å². The van der Waals surface area contributed by atoms with Gasteiger partial charge in [0.05, 0.1) is 0 Å². The molecule has 66 valence electrons. The van der Waals surface area contributed by atoms with E-state index in [0.717, 1.165) is 22.6 Å². The van der Waals surface area contributed by atoms with Crippen LogP contribution in [0.25, 0.3) is 0 Å². The molecule has 0 bridgehead atoms. The van der Waals surface area contributed by atoms with Crippen molar-refractivity contribution in [3.8, 4) is 0 Å². The molecule has 0 atom stereocenters. The van der Waals surface area contributed by atoms with Gasteiger partial charge in [-0.1, -0.05) is 11.6 Å². The van der Waals surface area contributed by atoms with Crippen molar-refractivity contribution in [1.82, 2.24) is 0 Å². The van der Waals surface area contributed by atoms with Crippen LogP contribution < -0.4 is 5.73 Å². The number of rotatable bonds is 0. The molecular weight excluding hydrogens is 174 g/mol. The summed E-state index contributed by atoms with van der Waals surface area (Å²) in [4.78, 5) is 8.81. The van der Waals surface area contributed by atoms with Crippen molar-refractivity contribution < 1.29 is 4.79 Å². The largest absolute Gasteiger partial charge is 0.399 e. The highest BCUT2D eigenvalue weighted by atomic mass is 35.5. The minimum atomic E-state index is 0.738. The van der Waals surface area contributed by atoms with Crippen molar-refractivity contribution in [3.63, 3.8) is 0 Å². The Hall–Kier alpha value is -1.02. The number of benzene rings is 1. The van der Waals surface area contributed by atoms with Crippen LogP contribution in [0.3, 0.4) is 0 Å². The number of anilines is 1. The molecule has 0 saturated heterocycles. The summed E-state index contributed by atoms with van der Waals surface area (Å²) in [5.74, 6) is 0. The molecule has 0 heterocycles. The minimum Gasteiger partial charge on any atom is -0.399 e. The Kier molecular flexibility index (Phi) is 5.13. The molecule has 0 radical (unpaired) electrons. The fraction of sp³-hybridized carbons (Fsp3) is 0.222. The van der Waals surface area contributed by atoms with Crippen LogP contribution in [0, 0.1) is 6.92 Å². The highest BCUT2D eigenvalue weighted by Gasteiger charge is 1.91. The zero-order valence-corrected chi connectivity index (χ0v) is 7.93. The van der Waals surface area contributed by atoms with Gasteiger partial charge in [0.15, 0.2) is 0 Å². The van der Waals surface area contributed by atoms with E-state index in [1.807, 2.05) is 13.0 Å². The molecule has 2 N–H and O–H groups in total. The number of nitrogen functional groups attached to an aromatic ring is 1. The molecule has 0 unspecified atom stereocenters. The normalized spacial score (nSPS) is 8.25. The third-order valence-electron chi connectivity index (χ3n) is 1.23. The van der Waals surface area contributed by atoms with Gasteiger partial charge in [-0.15, -0.1) is 0 Å². The lowest BCUT2D eigenvalue weighted by Gasteiger charge is -1.97. The van der Waals surface area contributed by atoms with Crippen molar-refractivity contribution in [2.24, 2.45) is 0 Å². The topological polar surface area (TPSA) is 43.1 Å². The maximum atomic E-state index is 8.81. The highest BCUT2D eigenvalue weighted by Crippen LogP contribution is 2.15. The molecule has 0 saturated carbocycles. The molecule has 1 aromatic carbocycles. The molecule has 3 heteroatoms. The van der Waals surface area contributed by atoms with E-state index in [1.54, 1.807) is 12.1 Å². The van der Waals surface area contributed by atoms with E-state index >= 15 is 0 Å². The Bertz CT molecular complexity index is 261. The molecule has 1 aromatic rings. The van der Waals surface area contributed by atoms with Gasteiger partial charge in [-0.3, -0.25) is 0 Å². The predicted molar refractivity (Wildman–Crippen MR) is 52.3 cm³/mol. The maximum Gasteiger partial charge on any atom is 0.116 e. The molecular formula is C9H12ClNO.